The van der Waals surface area contributed by atoms with E-state index in [9.17, 15) is 8.42 Å². The molecule has 0 bridgehead atoms. The van der Waals surface area contributed by atoms with Gasteiger partial charge < -0.3 is 0 Å². The topological polar surface area (TPSA) is 46.2 Å². The summed E-state index contributed by atoms with van der Waals surface area (Å²) in [4.78, 5) is 0.262. The molecule has 1 aliphatic rings. The fourth-order valence-corrected chi connectivity index (χ4v) is 6.04. The lowest BCUT2D eigenvalue weighted by molar-refractivity contribution is 0.224. The number of benzene rings is 2. The largest absolute Gasteiger partial charge is 0.241 e. The molecule has 1 fully saturated rings. The van der Waals surface area contributed by atoms with Crippen LogP contribution in [-0.2, 0) is 10.0 Å². The molecule has 3 nitrogen and oxygen atoms in total. The summed E-state index contributed by atoms with van der Waals surface area (Å²) in [6, 6.07) is 16.2. The number of rotatable bonds is 10. The second-order valence-electron chi connectivity index (χ2n) is 8.59. The van der Waals surface area contributed by atoms with Crippen LogP contribution in [0.1, 0.15) is 76.3 Å². The number of halogens is 1. The monoisotopic (exact) mass is 447 g/mol. The SMILES string of the molecule is CCCCCCC1CCC(C(NS(=O)(=O)c2ccc(Cl)cc2)c2ccccc2)CC1. The van der Waals surface area contributed by atoms with Crippen LogP contribution in [0.25, 0.3) is 0 Å². The molecule has 1 saturated carbocycles. The van der Waals surface area contributed by atoms with Gasteiger partial charge in [-0.05, 0) is 54.5 Å². The zero-order chi connectivity index (χ0) is 21.4. The molecular weight excluding hydrogens is 414 g/mol. The smallest absolute Gasteiger partial charge is 0.207 e. The van der Waals surface area contributed by atoms with Gasteiger partial charge in [-0.1, -0.05) is 93.8 Å². The van der Waals surface area contributed by atoms with Gasteiger partial charge in [-0.3, -0.25) is 0 Å². The summed E-state index contributed by atoms with van der Waals surface area (Å²) in [6.45, 7) is 2.25. The van der Waals surface area contributed by atoms with Crippen LogP contribution in [0, 0.1) is 11.8 Å². The fraction of sp³-hybridized carbons (Fsp3) is 0.520. The Morgan fingerprint density at radius 3 is 2.23 bits per heavy atom. The van der Waals surface area contributed by atoms with E-state index in [2.05, 4.69) is 11.6 Å². The van der Waals surface area contributed by atoms with E-state index in [0.717, 1.165) is 24.3 Å². The first-order chi connectivity index (χ1) is 14.5. The molecule has 0 aromatic heterocycles. The Kier molecular flexibility index (Phi) is 8.79. The van der Waals surface area contributed by atoms with Crippen LogP contribution >= 0.6 is 11.6 Å². The van der Waals surface area contributed by atoms with Crippen molar-refractivity contribution in [3.05, 3.63) is 65.2 Å². The summed E-state index contributed by atoms with van der Waals surface area (Å²) in [5, 5.41) is 0.533. The third-order valence-corrected chi connectivity index (χ3v) is 8.10. The summed E-state index contributed by atoms with van der Waals surface area (Å²) in [5.74, 6) is 1.11. The molecule has 1 aliphatic carbocycles. The Morgan fingerprint density at radius 2 is 1.60 bits per heavy atom. The third-order valence-electron chi connectivity index (χ3n) is 6.39. The zero-order valence-corrected chi connectivity index (χ0v) is 19.5. The lowest BCUT2D eigenvalue weighted by atomic mass is 9.75. The lowest BCUT2D eigenvalue weighted by Crippen LogP contribution is -2.35. The van der Waals surface area contributed by atoms with Gasteiger partial charge in [0.2, 0.25) is 10.0 Å². The van der Waals surface area contributed by atoms with Gasteiger partial charge in [0.25, 0.3) is 0 Å². The van der Waals surface area contributed by atoms with Gasteiger partial charge in [0.1, 0.15) is 0 Å². The molecule has 30 heavy (non-hydrogen) atoms. The van der Waals surface area contributed by atoms with E-state index < -0.39 is 10.0 Å². The van der Waals surface area contributed by atoms with Gasteiger partial charge >= 0.3 is 0 Å². The highest BCUT2D eigenvalue weighted by atomic mass is 35.5. The Morgan fingerprint density at radius 1 is 0.933 bits per heavy atom. The molecule has 5 heteroatoms. The Hall–Kier alpha value is -1.36. The number of unbranched alkanes of at least 4 members (excludes halogenated alkanes) is 3. The van der Waals surface area contributed by atoms with E-state index in [1.165, 1.54) is 44.9 Å². The van der Waals surface area contributed by atoms with Crippen LogP contribution in [0.3, 0.4) is 0 Å². The van der Waals surface area contributed by atoms with Crippen molar-refractivity contribution in [3.8, 4) is 0 Å². The quantitative estimate of drug-likeness (QED) is 0.393. The Balaban J connectivity index is 1.69. The van der Waals surface area contributed by atoms with Crippen molar-refractivity contribution in [1.29, 1.82) is 0 Å². The summed E-state index contributed by atoms with van der Waals surface area (Å²) in [7, 11) is -3.62. The average Bonchev–Trinajstić information content (AvgIpc) is 2.77. The van der Waals surface area contributed by atoms with Crippen LogP contribution in [0.4, 0.5) is 0 Å². The van der Waals surface area contributed by atoms with Crippen molar-refractivity contribution in [2.45, 2.75) is 75.6 Å². The summed E-state index contributed by atoms with van der Waals surface area (Å²) >= 11 is 5.94. The predicted octanol–water partition coefficient (Wildman–Crippen LogP) is 7.14. The van der Waals surface area contributed by atoms with Crippen molar-refractivity contribution in [3.63, 3.8) is 0 Å². The maximum Gasteiger partial charge on any atom is 0.241 e. The van der Waals surface area contributed by atoms with Crippen molar-refractivity contribution in [1.82, 2.24) is 4.72 Å². The van der Waals surface area contributed by atoms with Crippen molar-refractivity contribution >= 4 is 21.6 Å². The van der Waals surface area contributed by atoms with Crippen LogP contribution < -0.4 is 4.72 Å². The van der Waals surface area contributed by atoms with E-state index >= 15 is 0 Å². The van der Waals surface area contributed by atoms with E-state index in [0.29, 0.717) is 10.9 Å². The molecule has 1 atom stereocenters. The molecule has 164 valence electrons. The van der Waals surface area contributed by atoms with E-state index in [1.54, 1.807) is 24.3 Å². The minimum Gasteiger partial charge on any atom is -0.207 e. The first-order valence-electron chi connectivity index (χ1n) is 11.3. The second kappa shape index (κ2) is 11.3. The van der Waals surface area contributed by atoms with Crippen LogP contribution in [0.2, 0.25) is 5.02 Å². The molecule has 0 aliphatic heterocycles. The normalized spacial score (nSPS) is 20.7. The van der Waals surface area contributed by atoms with Crippen molar-refractivity contribution in [2.24, 2.45) is 11.8 Å². The molecule has 2 aromatic carbocycles. The molecule has 0 radical (unpaired) electrons. The van der Waals surface area contributed by atoms with Gasteiger partial charge in [-0.25, -0.2) is 13.1 Å². The maximum atomic E-state index is 13.1. The fourth-order valence-electron chi connectivity index (χ4n) is 4.62. The number of hydrogen-bond acceptors (Lipinski definition) is 2. The number of hydrogen-bond donors (Lipinski definition) is 1. The summed E-state index contributed by atoms with van der Waals surface area (Å²) < 4.78 is 29.2. The van der Waals surface area contributed by atoms with Crippen LogP contribution in [-0.4, -0.2) is 8.42 Å². The molecule has 0 saturated heterocycles. The Bertz CT molecular complexity index is 860. The van der Waals surface area contributed by atoms with Gasteiger partial charge in [0, 0.05) is 11.1 Å². The maximum absolute atomic E-state index is 13.1. The van der Waals surface area contributed by atoms with Gasteiger partial charge in [0.15, 0.2) is 0 Å². The zero-order valence-electron chi connectivity index (χ0n) is 17.9. The van der Waals surface area contributed by atoms with Crippen molar-refractivity contribution in [2.75, 3.05) is 0 Å². The van der Waals surface area contributed by atoms with E-state index in [-0.39, 0.29) is 10.9 Å². The Labute approximate surface area is 187 Å². The van der Waals surface area contributed by atoms with Gasteiger partial charge in [-0.2, -0.15) is 0 Å². The van der Waals surface area contributed by atoms with Crippen LogP contribution in [0.5, 0.6) is 0 Å². The molecule has 0 spiro atoms. The molecule has 2 aromatic rings. The minimum atomic E-state index is -3.62. The predicted molar refractivity (Wildman–Crippen MR) is 125 cm³/mol. The summed E-state index contributed by atoms with van der Waals surface area (Å²) in [6.07, 6.45) is 11.1. The van der Waals surface area contributed by atoms with Gasteiger partial charge in [-0.15, -0.1) is 0 Å². The highest BCUT2D eigenvalue weighted by molar-refractivity contribution is 7.89. The second-order valence-corrected chi connectivity index (χ2v) is 10.7. The molecule has 0 amide bonds. The van der Waals surface area contributed by atoms with E-state index in [4.69, 9.17) is 11.6 Å². The minimum absolute atomic E-state index is 0.201. The van der Waals surface area contributed by atoms with Crippen molar-refractivity contribution < 1.29 is 8.42 Å². The number of sulfonamides is 1. The first kappa shape index (κ1) is 23.3. The molecule has 1 unspecified atom stereocenters. The summed E-state index contributed by atoms with van der Waals surface area (Å²) in [5.41, 5.74) is 1.04. The van der Waals surface area contributed by atoms with E-state index in [1.807, 2.05) is 30.3 Å². The first-order valence-corrected chi connectivity index (χ1v) is 13.2. The molecule has 1 N–H and O–H groups in total. The molecular formula is C25H34ClNO2S. The average molecular weight is 448 g/mol. The highest BCUT2D eigenvalue weighted by Crippen LogP contribution is 2.39. The van der Waals surface area contributed by atoms with Gasteiger partial charge in [0.05, 0.1) is 4.90 Å². The molecule has 0 heterocycles. The number of nitrogens with one attached hydrogen (secondary N) is 1. The lowest BCUT2D eigenvalue weighted by Gasteiger charge is -2.34. The van der Waals surface area contributed by atoms with Crippen LogP contribution in [0.15, 0.2) is 59.5 Å². The molecule has 3 rings (SSSR count). The standard InChI is InChI=1S/C25H34ClNO2S/c1-2-3-4-6-9-20-12-14-22(15-13-20)25(21-10-7-5-8-11-21)27-30(28,29)24-18-16-23(26)17-19-24/h5,7-8,10-11,16-20,22,25,27H,2-4,6,9,12-15H2,1H3. The third kappa shape index (κ3) is 6.57. The highest BCUT2D eigenvalue weighted by Gasteiger charge is 2.31.